The van der Waals surface area contributed by atoms with Crippen molar-refractivity contribution in [3.63, 3.8) is 0 Å². The molecule has 2 N–H and O–H groups in total. The zero-order valence-electron chi connectivity index (χ0n) is 50.1. The smallest absolute Gasteiger partial charge is 0.425 e. The Kier molecular flexibility index (Phi) is 33.0. The molecule has 5 unspecified atom stereocenters. The third-order valence-corrected chi connectivity index (χ3v) is 14.9. The quantitative estimate of drug-likeness (QED) is 0.0643. The largest absolute Gasteiger partial charge is 0.481 e. The van der Waals surface area contributed by atoms with Crippen molar-refractivity contribution < 1.29 is 61.6 Å². The summed E-state index contributed by atoms with van der Waals surface area (Å²) in [6.07, 6.45) is 5.61. The van der Waals surface area contributed by atoms with Crippen molar-refractivity contribution in [2.75, 3.05) is 13.2 Å². The van der Waals surface area contributed by atoms with Crippen molar-refractivity contribution in [3.8, 4) is 0 Å². The van der Waals surface area contributed by atoms with Gasteiger partial charge < -0.3 is 24.4 Å². The van der Waals surface area contributed by atoms with Crippen molar-refractivity contribution in [2.45, 2.75) is 265 Å². The molecule has 1 rings (SSSR count). The van der Waals surface area contributed by atoms with E-state index in [0.29, 0.717) is 56.1 Å². The van der Waals surface area contributed by atoms with E-state index in [1.165, 1.54) is 17.5 Å². The molecule has 0 bridgehead atoms. The summed E-state index contributed by atoms with van der Waals surface area (Å²) in [6, 6.07) is 9.10. The Hall–Kier alpha value is -3.64. The first-order valence-electron chi connectivity index (χ1n) is 27.3. The summed E-state index contributed by atoms with van der Waals surface area (Å²) in [5.74, 6) is -2.27. The standard InChI is InChI=1S/C26H50O4.C15H24.C10H18O4.C9H15F3O2/c1-9-14-16-21(11-3)18-29-23(27)25(6,7)20-26(8,13-5)24(28)30-19-22(12-4)17-15-10-2;1-7-15(5,6)13-10-8-12(9-11-13)14(2,3)4;1-5-10(4,8(13)14)6-9(2,3)7(11)12;1-5-8(3,4)7(13)14-6(2)9(10,11)12/h21-22H,9-20H2,1-8H3;8-11H,7H2,1-6H3;5-6H2,1-4H3,(H,11,12)(H,13,14);6H,5H2,1-4H3. The summed E-state index contributed by atoms with van der Waals surface area (Å²) in [5.41, 5.74) is -0.802. The molecule has 0 aliphatic rings. The molecule has 73 heavy (non-hydrogen) atoms. The second kappa shape index (κ2) is 32.7. The van der Waals surface area contributed by atoms with E-state index in [2.05, 4.69) is 98.2 Å². The van der Waals surface area contributed by atoms with Gasteiger partial charge in [0, 0.05) is 0 Å². The zero-order chi connectivity index (χ0) is 58.0. The number of hydrogen-bond donors (Lipinski definition) is 2. The molecule has 428 valence electrons. The van der Waals surface area contributed by atoms with E-state index < -0.39 is 57.3 Å². The van der Waals surface area contributed by atoms with Gasteiger partial charge in [0.25, 0.3) is 0 Å². The Morgan fingerprint density at radius 1 is 0.507 bits per heavy atom. The number of halogens is 3. The molecule has 0 radical (unpaired) electrons. The van der Waals surface area contributed by atoms with Gasteiger partial charge in [-0.05, 0) is 147 Å². The van der Waals surface area contributed by atoms with Crippen molar-refractivity contribution >= 4 is 29.8 Å². The van der Waals surface area contributed by atoms with Crippen LogP contribution in [0, 0.1) is 38.9 Å². The first-order valence-corrected chi connectivity index (χ1v) is 27.3. The van der Waals surface area contributed by atoms with Gasteiger partial charge in [-0.3, -0.25) is 24.0 Å². The molecule has 0 heterocycles. The fourth-order valence-electron chi connectivity index (χ4n) is 7.50. The van der Waals surface area contributed by atoms with Gasteiger partial charge in [0.05, 0.1) is 40.3 Å². The Morgan fingerprint density at radius 2 is 0.904 bits per heavy atom. The molecule has 1 aromatic carbocycles. The Balaban J connectivity index is -0.000000962. The van der Waals surface area contributed by atoms with Crippen LogP contribution >= 0.6 is 0 Å². The van der Waals surface area contributed by atoms with E-state index in [1.807, 2.05) is 27.7 Å². The third kappa shape index (κ3) is 27.6. The Morgan fingerprint density at radius 3 is 1.22 bits per heavy atom. The molecule has 0 aromatic heterocycles. The number of hydrogen-bond acceptors (Lipinski definition) is 8. The van der Waals surface area contributed by atoms with E-state index in [0.717, 1.165) is 58.3 Å². The number of benzene rings is 1. The van der Waals surface area contributed by atoms with Crippen LogP contribution in [0.3, 0.4) is 0 Å². The second-order valence-electron chi connectivity index (χ2n) is 24.5. The van der Waals surface area contributed by atoms with Crippen LogP contribution in [-0.4, -0.2) is 65.6 Å². The summed E-state index contributed by atoms with van der Waals surface area (Å²) >= 11 is 0. The third-order valence-electron chi connectivity index (χ3n) is 14.9. The number of unbranched alkanes of at least 4 members (excludes halogenated alkanes) is 2. The highest BCUT2D eigenvalue weighted by Gasteiger charge is 2.44. The predicted molar refractivity (Wildman–Crippen MR) is 292 cm³/mol. The number of carbonyl (C=O) groups is 5. The maximum absolute atomic E-state index is 12.9. The molecule has 0 amide bonds. The maximum Gasteiger partial charge on any atom is 0.425 e. The van der Waals surface area contributed by atoms with Gasteiger partial charge in [0.1, 0.15) is 0 Å². The van der Waals surface area contributed by atoms with Gasteiger partial charge in [0.2, 0.25) is 0 Å². The van der Waals surface area contributed by atoms with Crippen LogP contribution in [0.15, 0.2) is 24.3 Å². The molecule has 0 aliphatic carbocycles. The number of alkyl halides is 3. The lowest BCUT2D eigenvalue weighted by atomic mass is 9.72. The van der Waals surface area contributed by atoms with Crippen LogP contribution in [-0.2, 0) is 49.0 Å². The Labute approximate surface area is 442 Å². The minimum Gasteiger partial charge on any atom is -0.481 e. The summed E-state index contributed by atoms with van der Waals surface area (Å²) < 4.78 is 51.8. The lowest BCUT2D eigenvalue weighted by Gasteiger charge is -2.34. The van der Waals surface area contributed by atoms with Crippen molar-refractivity contribution in [2.24, 2.45) is 38.9 Å². The highest BCUT2D eigenvalue weighted by molar-refractivity contribution is 5.80. The molecule has 0 saturated heterocycles. The highest BCUT2D eigenvalue weighted by atomic mass is 19.4. The number of carbonyl (C=O) groups excluding carboxylic acids is 3. The SMILES string of the molecule is CCC(C)(C)C(=O)OC(C)C(F)(F)F.CCC(C)(C)c1ccc(C(C)(C)C)cc1.CCC(C)(CC(C)(C)C(=O)O)C(=O)O.CCCCC(CC)COC(=O)C(C)(C)CC(C)(CC)C(=O)OCC(CC)CCCC. The molecule has 0 fully saturated rings. The molecule has 0 aliphatic heterocycles. The van der Waals surface area contributed by atoms with Crippen LogP contribution < -0.4 is 0 Å². The zero-order valence-corrected chi connectivity index (χ0v) is 50.1. The lowest BCUT2D eigenvalue weighted by molar-refractivity contribution is -0.221. The number of rotatable bonds is 27. The molecule has 5 atom stereocenters. The number of ether oxygens (including phenoxy) is 3. The fraction of sp³-hybridized carbons (Fsp3) is 0.817. The van der Waals surface area contributed by atoms with E-state index in [-0.39, 0.29) is 23.8 Å². The lowest BCUT2D eigenvalue weighted by Crippen LogP contribution is -2.39. The summed E-state index contributed by atoms with van der Waals surface area (Å²) in [5, 5.41) is 17.9. The molecular weight excluding hydrogens is 938 g/mol. The van der Waals surface area contributed by atoms with Crippen LogP contribution in [0.5, 0.6) is 0 Å². The van der Waals surface area contributed by atoms with Crippen molar-refractivity contribution in [1.82, 2.24) is 0 Å². The van der Waals surface area contributed by atoms with Gasteiger partial charge in [-0.2, -0.15) is 13.2 Å². The Bertz CT molecular complexity index is 1760. The number of carboxylic acids is 2. The highest BCUT2D eigenvalue weighted by Crippen LogP contribution is 2.40. The number of aliphatic carboxylic acids is 2. The van der Waals surface area contributed by atoms with Gasteiger partial charge in [-0.15, -0.1) is 0 Å². The van der Waals surface area contributed by atoms with E-state index >= 15 is 0 Å². The molecule has 0 spiro atoms. The monoisotopic (exact) mass is 1040 g/mol. The van der Waals surface area contributed by atoms with Gasteiger partial charge in [-0.25, -0.2) is 0 Å². The van der Waals surface area contributed by atoms with Crippen molar-refractivity contribution in [1.29, 1.82) is 0 Å². The first kappa shape index (κ1) is 73.6. The van der Waals surface area contributed by atoms with Crippen LogP contribution in [0.4, 0.5) is 13.2 Å². The van der Waals surface area contributed by atoms with Crippen LogP contribution in [0.25, 0.3) is 0 Å². The molecule has 0 saturated carbocycles. The minimum absolute atomic E-state index is 0.140. The minimum atomic E-state index is -4.49. The van der Waals surface area contributed by atoms with Gasteiger partial charge in [0.15, 0.2) is 6.10 Å². The normalized spacial score (nSPS) is 15.1. The van der Waals surface area contributed by atoms with E-state index in [1.54, 1.807) is 48.5 Å². The molecular formula is C60H107F3O10. The summed E-state index contributed by atoms with van der Waals surface area (Å²) in [4.78, 5) is 58.8. The topological polar surface area (TPSA) is 154 Å². The molecule has 10 nitrogen and oxygen atoms in total. The second-order valence-corrected chi connectivity index (χ2v) is 24.5. The molecule has 13 heteroatoms. The van der Waals surface area contributed by atoms with Gasteiger partial charge >= 0.3 is 36.0 Å². The average molecular weight is 1050 g/mol. The number of carboxylic acid groups (broad SMARTS) is 2. The van der Waals surface area contributed by atoms with Crippen molar-refractivity contribution in [3.05, 3.63) is 35.4 Å². The average Bonchev–Trinajstić information content (AvgIpc) is 3.30. The number of esters is 3. The van der Waals surface area contributed by atoms with E-state index in [9.17, 15) is 37.1 Å². The van der Waals surface area contributed by atoms with Gasteiger partial charge in [-0.1, -0.05) is 153 Å². The maximum atomic E-state index is 12.9. The first-order chi connectivity index (χ1) is 33.1. The fourth-order valence-corrected chi connectivity index (χ4v) is 7.50. The van der Waals surface area contributed by atoms with Crippen LogP contribution in [0.2, 0.25) is 0 Å². The molecule has 1 aromatic rings. The summed E-state index contributed by atoms with van der Waals surface area (Å²) in [7, 11) is 0. The van der Waals surface area contributed by atoms with E-state index in [4.69, 9.17) is 19.7 Å². The van der Waals surface area contributed by atoms with Crippen LogP contribution in [0.1, 0.15) is 253 Å². The predicted octanol–water partition coefficient (Wildman–Crippen LogP) is 16.9. The summed E-state index contributed by atoms with van der Waals surface area (Å²) in [6.45, 7) is 43.0.